The molecule has 0 radical (unpaired) electrons. The topological polar surface area (TPSA) is 49.3 Å². The zero-order chi connectivity index (χ0) is 29.9. The molecular weight excluding hydrogens is 490 g/mol. The molecule has 2 N–H and O–H groups in total. The Morgan fingerprint density at radius 1 is 0.950 bits per heavy atom. The summed E-state index contributed by atoms with van der Waals surface area (Å²) in [5, 5.41) is 12.9. The maximum absolute atomic E-state index is 12.3. The van der Waals surface area contributed by atoms with Gasteiger partial charge in [-0.3, -0.25) is 4.79 Å². The first-order chi connectivity index (χ1) is 18.5. The van der Waals surface area contributed by atoms with Gasteiger partial charge in [0.25, 0.3) is 0 Å². The zero-order valence-electron chi connectivity index (χ0n) is 28.5. The first-order valence-electron chi connectivity index (χ1n) is 17.3. The number of fused-ring (bicyclic) bond motifs is 5. The lowest BCUT2D eigenvalue weighted by molar-refractivity contribution is -0.225. The van der Waals surface area contributed by atoms with Gasteiger partial charge in [-0.25, -0.2) is 0 Å². The van der Waals surface area contributed by atoms with Crippen molar-refractivity contribution in [3.8, 4) is 0 Å². The molecule has 3 nitrogen and oxygen atoms in total. The molecule has 4 aliphatic carbocycles. The van der Waals surface area contributed by atoms with E-state index >= 15 is 0 Å². The molecule has 4 aliphatic rings. The van der Waals surface area contributed by atoms with E-state index in [1.54, 1.807) is 0 Å². The summed E-state index contributed by atoms with van der Waals surface area (Å²) in [4.78, 5) is 12.3. The normalized spacial score (nSPS) is 43.6. The van der Waals surface area contributed by atoms with E-state index in [1.165, 1.54) is 51.4 Å². The summed E-state index contributed by atoms with van der Waals surface area (Å²) >= 11 is 0. The Balaban J connectivity index is 1.49. The number of hydrogen-bond acceptors (Lipinski definition) is 3. The van der Waals surface area contributed by atoms with E-state index in [1.807, 2.05) is 0 Å². The number of carbonyl (C=O) groups excluding carboxylic acids is 1. The molecule has 0 saturated heterocycles. The molecule has 0 aromatic rings. The van der Waals surface area contributed by atoms with Crippen molar-refractivity contribution in [1.29, 1.82) is 0 Å². The van der Waals surface area contributed by atoms with Crippen molar-refractivity contribution >= 4 is 5.78 Å². The van der Waals surface area contributed by atoms with E-state index in [0.717, 1.165) is 54.9 Å². The highest BCUT2D eigenvalue weighted by Gasteiger charge is 2.70. The Bertz CT molecular complexity index is 908. The minimum atomic E-state index is -0.355. The Kier molecular flexibility index (Phi) is 9.15. The second-order valence-corrected chi connectivity index (χ2v) is 18.0. The molecule has 0 bridgehead atoms. The van der Waals surface area contributed by atoms with Crippen molar-refractivity contribution in [3.63, 3.8) is 0 Å². The summed E-state index contributed by atoms with van der Waals surface area (Å²) in [7, 11) is 0. The summed E-state index contributed by atoms with van der Waals surface area (Å²) in [6.45, 7) is 28.5. The molecule has 0 heterocycles. The predicted octanol–water partition coefficient (Wildman–Crippen LogP) is 8.93. The Labute approximate surface area is 248 Å². The first-order valence-corrected chi connectivity index (χ1v) is 17.3. The van der Waals surface area contributed by atoms with Crippen LogP contribution >= 0.6 is 0 Å². The van der Waals surface area contributed by atoms with Crippen LogP contribution in [-0.4, -0.2) is 30.1 Å². The number of aliphatic hydroxyl groups excluding tert-OH is 1. The standard InChI is InChI=1S/C37H67NO2/c1-24(2)21-28(29(40)23-39)38-20-12-16-33(5,6)27-14-18-37(11)32(27)25(3)22-31-35(9)17-13-26(4)34(7,8)30(35)15-19-36(31,37)10/h24-28,30-32,38-39H,12-23H2,1-11H3/t25?,26-,27?,28-,30?,31?,32+,35-,36+,37+/m0/s1. The van der Waals surface area contributed by atoms with E-state index in [0.29, 0.717) is 33.0 Å². The maximum atomic E-state index is 12.3. The molecule has 3 heteroatoms. The molecule has 10 atom stereocenters. The van der Waals surface area contributed by atoms with Crippen LogP contribution in [0.1, 0.15) is 140 Å². The zero-order valence-corrected chi connectivity index (χ0v) is 28.5. The van der Waals surface area contributed by atoms with Crippen LogP contribution in [0.15, 0.2) is 0 Å². The molecule has 4 rings (SSSR count). The van der Waals surface area contributed by atoms with Gasteiger partial charge in [0.15, 0.2) is 5.78 Å². The van der Waals surface area contributed by atoms with Crippen molar-refractivity contribution in [2.75, 3.05) is 13.2 Å². The van der Waals surface area contributed by atoms with E-state index in [-0.39, 0.29) is 18.4 Å². The average Bonchev–Trinajstić information content (AvgIpc) is 3.25. The second-order valence-electron chi connectivity index (χ2n) is 18.0. The highest BCUT2D eigenvalue weighted by molar-refractivity contribution is 5.84. The average molecular weight is 558 g/mol. The maximum Gasteiger partial charge on any atom is 0.174 e. The van der Waals surface area contributed by atoms with Crippen molar-refractivity contribution < 1.29 is 9.90 Å². The van der Waals surface area contributed by atoms with Gasteiger partial charge in [-0.15, -0.1) is 0 Å². The molecule has 0 aromatic carbocycles. The highest BCUT2D eigenvalue weighted by atomic mass is 16.3. The summed E-state index contributed by atoms with van der Waals surface area (Å²) in [6, 6.07) is -0.206. The lowest BCUT2D eigenvalue weighted by Crippen LogP contribution is -2.64. The Morgan fingerprint density at radius 2 is 1.60 bits per heavy atom. The number of rotatable bonds is 10. The van der Waals surface area contributed by atoms with Crippen LogP contribution in [0, 0.1) is 68.5 Å². The number of ketones is 1. The molecular formula is C37H67NO2. The van der Waals surface area contributed by atoms with E-state index in [9.17, 15) is 9.90 Å². The van der Waals surface area contributed by atoms with E-state index < -0.39 is 0 Å². The molecule has 40 heavy (non-hydrogen) atoms. The fourth-order valence-electron chi connectivity index (χ4n) is 12.2. The lowest BCUT2D eigenvalue weighted by Gasteiger charge is -2.71. The van der Waals surface area contributed by atoms with Crippen LogP contribution in [0.3, 0.4) is 0 Å². The van der Waals surface area contributed by atoms with Crippen molar-refractivity contribution in [3.05, 3.63) is 0 Å². The number of Topliss-reactive ketones (excluding diaryl/α,β-unsaturated/α-hetero) is 1. The van der Waals surface area contributed by atoms with Gasteiger partial charge in [0.05, 0.1) is 6.04 Å². The minimum absolute atomic E-state index is 0.0578. The van der Waals surface area contributed by atoms with Crippen LogP contribution in [-0.2, 0) is 4.79 Å². The monoisotopic (exact) mass is 558 g/mol. The summed E-state index contributed by atoms with van der Waals surface area (Å²) < 4.78 is 0. The molecule has 4 fully saturated rings. The Morgan fingerprint density at radius 3 is 2.23 bits per heavy atom. The third-order valence-corrected chi connectivity index (χ3v) is 14.9. The van der Waals surface area contributed by atoms with E-state index in [2.05, 4.69) is 81.5 Å². The lowest BCUT2D eigenvalue weighted by atomic mass is 9.34. The van der Waals surface area contributed by atoms with Gasteiger partial charge in [-0.05, 0) is 139 Å². The number of nitrogens with one attached hydrogen (secondary N) is 1. The van der Waals surface area contributed by atoms with Crippen molar-refractivity contribution in [1.82, 2.24) is 5.32 Å². The number of carbonyl (C=O) groups is 1. The van der Waals surface area contributed by atoms with Gasteiger partial charge >= 0.3 is 0 Å². The molecule has 4 saturated carbocycles. The molecule has 232 valence electrons. The van der Waals surface area contributed by atoms with Crippen LogP contribution in [0.5, 0.6) is 0 Å². The summed E-state index contributed by atoms with van der Waals surface area (Å²) in [6.07, 6.45) is 13.0. The van der Waals surface area contributed by atoms with Crippen LogP contribution < -0.4 is 5.32 Å². The fraction of sp³-hybridized carbons (Fsp3) is 0.973. The third kappa shape index (κ3) is 5.18. The number of hydrogen-bond donors (Lipinski definition) is 2. The summed E-state index contributed by atoms with van der Waals surface area (Å²) in [5.74, 6) is 5.34. The quantitative estimate of drug-likeness (QED) is 0.264. The molecule has 0 amide bonds. The van der Waals surface area contributed by atoms with Crippen LogP contribution in [0.25, 0.3) is 0 Å². The van der Waals surface area contributed by atoms with Gasteiger partial charge in [0.2, 0.25) is 0 Å². The van der Waals surface area contributed by atoms with Crippen molar-refractivity contribution in [2.45, 2.75) is 146 Å². The van der Waals surface area contributed by atoms with Crippen LogP contribution in [0.4, 0.5) is 0 Å². The third-order valence-electron chi connectivity index (χ3n) is 14.9. The molecule has 0 aromatic heterocycles. The second kappa shape index (κ2) is 11.3. The van der Waals surface area contributed by atoms with Gasteiger partial charge in [0, 0.05) is 0 Å². The molecule has 4 unspecified atom stereocenters. The van der Waals surface area contributed by atoms with E-state index in [4.69, 9.17) is 0 Å². The first kappa shape index (κ1) is 32.5. The van der Waals surface area contributed by atoms with Crippen LogP contribution in [0.2, 0.25) is 0 Å². The van der Waals surface area contributed by atoms with Gasteiger partial charge in [0.1, 0.15) is 6.61 Å². The summed E-state index contributed by atoms with van der Waals surface area (Å²) in [5.41, 5.74) is 2.14. The fourth-order valence-corrected chi connectivity index (χ4v) is 12.2. The SMILES string of the molecule is CC(C)C[C@H](NCCCC(C)(C)C1CC[C@]2(C)[C@@H]1C(C)CC1[C@@]3(C)CC[C@H](C)C(C)(C)C3CC[C@]12C)C(=O)CO. The van der Waals surface area contributed by atoms with Crippen molar-refractivity contribution in [2.24, 2.45) is 68.5 Å². The Hall–Kier alpha value is -0.410. The van der Waals surface area contributed by atoms with Gasteiger partial charge in [-0.2, -0.15) is 0 Å². The van der Waals surface area contributed by atoms with Gasteiger partial charge < -0.3 is 10.4 Å². The smallest absolute Gasteiger partial charge is 0.174 e. The largest absolute Gasteiger partial charge is 0.389 e. The number of aliphatic hydroxyl groups is 1. The molecule has 0 spiro atoms. The predicted molar refractivity (Wildman–Crippen MR) is 169 cm³/mol. The minimum Gasteiger partial charge on any atom is -0.389 e. The molecule has 0 aliphatic heterocycles. The highest BCUT2D eigenvalue weighted by Crippen LogP contribution is 2.77. The van der Waals surface area contributed by atoms with Gasteiger partial charge in [-0.1, -0.05) is 76.2 Å².